The molecule has 1 amide bonds. The summed E-state index contributed by atoms with van der Waals surface area (Å²) < 4.78 is 12.4. The van der Waals surface area contributed by atoms with Gasteiger partial charge in [0.1, 0.15) is 21.8 Å². The number of nitrogens with one attached hydrogen (secondary N) is 1. The third-order valence-corrected chi connectivity index (χ3v) is 6.36. The van der Waals surface area contributed by atoms with Crippen molar-refractivity contribution in [3.05, 3.63) is 70.6 Å². The molecule has 0 fully saturated rings. The summed E-state index contributed by atoms with van der Waals surface area (Å²) in [6.07, 6.45) is 0. The Hall–Kier alpha value is -3.02. The van der Waals surface area contributed by atoms with Crippen molar-refractivity contribution in [3.8, 4) is 5.75 Å². The number of carbonyl (C=O) groups is 1. The van der Waals surface area contributed by atoms with Gasteiger partial charge in [-0.2, -0.15) is 0 Å². The normalized spacial score (nSPS) is 11.4. The molecule has 0 radical (unpaired) electrons. The molecular formula is C22H14ClNO3S. The Morgan fingerprint density at radius 2 is 1.75 bits per heavy atom. The number of furan rings is 1. The minimum atomic E-state index is -0.278. The van der Waals surface area contributed by atoms with Crippen LogP contribution in [0.3, 0.4) is 0 Å². The van der Waals surface area contributed by atoms with E-state index in [1.54, 1.807) is 13.2 Å². The van der Waals surface area contributed by atoms with E-state index in [1.165, 1.54) is 11.3 Å². The number of methoxy groups -OCH3 is 1. The topological polar surface area (TPSA) is 51.5 Å². The van der Waals surface area contributed by atoms with Crippen LogP contribution in [0, 0.1) is 0 Å². The number of anilines is 1. The van der Waals surface area contributed by atoms with Crippen LogP contribution >= 0.6 is 22.9 Å². The Bertz CT molecular complexity index is 1370. The van der Waals surface area contributed by atoms with Crippen molar-refractivity contribution in [2.45, 2.75) is 0 Å². The summed E-state index contributed by atoms with van der Waals surface area (Å²) in [7, 11) is 1.57. The highest BCUT2D eigenvalue weighted by Gasteiger charge is 2.19. The van der Waals surface area contributed by atoms with E-state index in [9.17, 15) is 4.79 Å². The molecule has 3 aromatic carbocycles. The molecular weight excluding hydrogens is 394 g/mol. The average Bonchev–Trinajstić information content (AvgIpc) is 3.25. The lowest BCUT2D eigenvalue weighted by atomic mass is 10.1. The fraction of sp³-hybridized carbons (Fsp3) is 0.0455. The van der Waals surface area contributed by atoms with E-state index >= 15 is 0 Å². The standard InChI is InChI=1S/C22H14ClNO3S/c1-26-18-10-14-12-6-2-4-8-16(12)27-17(14)11-15(18)24-22(25)21-20(23)13-7-3-5-9-19(13)28-21/h2-11H,1H3,(H,24,25). The molecule has 0 spiro atoms. The zero-order valence-electron chi connectivity index (χ0n) is 14.8. The fourth-order valence-corrected chi connectivity index (χ4v) is 4.77. The molecule has 0 aliphatic carbocycles. The fourth-order valence-electron chi connectivity index (χ4n) is 3.36. The highest BCUT2D eigenvalue weighted by molar-refractivity contribution is 7.21. The van der Waals surface area contributed by atoms with E-state index in [-0.39, 0.29) is 5.91 Å². The molecule has 0 saturated heterocycles. The first-order valence-corrected chi connectivity index (χ1v) is 9.83. The van der Waals surface area contributed by atoms with Gasteiger partial charge in [-0.05, 0) is 18.2 Å². The van der Waals surface area contributed by atoms with Crippen molar-refractivity contribution in [1.82, 2.24) is 0 Å². The molecule has 28 heavy (non-hydrogen) atoms. The lowest BCUT2D eigenvalue weighted by Crippen LogP contribution is -2.11. The van der Waals surface area contributed by atoms with E-state index in [1.807, 2.05) is 54.6 Å². The Balaban J connectivity index is 1.59. The van der Waals surface area contributed by atoms with Crippen LogP contribution in [0.4, 0.5) is 5.69 Å². The molecule has 4 nitrogen and oxygen atoms in total. The van der Waals surface area contributed by atoms with Crippen LogP contribution < -0.4 is 10.1 Å². The second kappa shape index (κ2) is 6.55. The van der Waals surface area contributed by atoms with Gasteiger partial charge < -0.3 is 14.5 Å². The van der Waals surface area contributed by atoms with Gasteiger partial charge in [0.2, 0.25) is 0 Å². The number of hydrogen-bond acceptors (Lipinski definition) is 4. The summed E-state index contributed by atoms with van der Waals surface area (Å²) in [6.45, 7) is 0. The lowest BCUT2D eigenvalue weighted by molar-refractivity contribution is 0.103. The third kappa shape index (κ3) is 2.63. The molecule has 0 atom stereocenters. The van der Waals surface area contributed by atoms with Crippen LogP contribution in [-0.2, 0) is 0 Å². The summed E-state index contributed by atoms with van der Waals surface area (Å²) in [4.78, 5) is 13.4. The Morgan fingerprint density at radius 1 is 1.00 bits per heavy atom. The van der Waals surface area contributed by atoms with Gasteiger partial charge in [-0.3, -0.25) is 4.79 Å². The number of ether oxygens (including phenoxy) is 1. The SMILES string of the molecule is COc1cc2c(cc1NC(=O)c1sc3ccccc3c1Cl)oc1ccccc12. The van der Waals surface area contributed by atoms with Crippen molar-refractivity contribution in [3.63, 3.8) is 0 Å². The number of para-hydroxylation sites is 1. The minimum Gasteiger partial charge on any atom is -0.495 e. The minimum absolute atomic E-state index is 0.278. The number of rotatable bonds is 3. The van der Waals surface area contributed by atoms with Gasteiger partial charge in [0, 0.05) is 26.9 Å². The molecule has 0 aliphatic heterocycles. The van der Waals surface area contributed by atoms with Crippen molar-refractivity contribution < 1.29 is 13.9 Å². The second-order valence-electron chi connectivity index (χ2n) is 6.34. The number of thiophene rings is 1. The highest BCUT2D eigenvalue weighted by Crippen LogP contribution is 2.38. The summed E-state index contributed by atoms with van der Waals surface area (Å²) >= 11 is 7.80. The van der Waals surface area contributed by atoms with Gasteiger partial charge in [-0.1, -0.05) is 48.0 Å². The predicted octanol–water partition coefficient (Wildman–Crippen LogP) is 6.72. The number of amides is 1. The van der Waals surface area contributed by atoms with Gasteiger partial charge in [-0.25, -0.2) is 0 Å². The molecule has 2 aromatic heterocycles. The van der Waals surface area contributed by atoms with E-state index in [4.69, 9.17) is 20.8 Å². The third-order valence-electron chi connectivity index (χ3n) is 4.69. The van der Waals surface area contributed by atoms with Gasteiger partial charge in [0.25, 0.3) is 5.91 Å². The molecule has 2 heterocycles. The molecule has 0 unspecified atom stereocenters. The molecule has 0 bridgehead atoms. The predicted molar refractivity (Wildman–Crippen MR) is 115 cm³/mol. The van der Waals surface area contributed by atoms with Crippen molar-refractivity contribution >= 4 is 66.6 Å². The summed E-state index contributed by atoms with van der Waals surface area (Å²) in [6, 6.07) is 19.1. The number of fused-ring (bicyclic) bond motifs is 4. The van der Waals surface area contributed by atoms with Gasteiger partial charge in [0.05, 0.1) is 17.8 Å². The number of halogens is 1. The second-order valence-corrected chi connectivity index (χ2v) is 7.77. The maximum atomic E-state index is 12.9. The Morgan fingerprint density at radius 3 is 2.54 bits per heavy atom. The Labute approximate surface area is 169 Å². The number of carbonyl (C=O) groups excluding carboxylic acids is 1. The largest absolute Gasteiger partial charge is 0.495 e. The molecule has 1 N–H and O–H groups in total. The molecule has 138 valence electrons. The van der Waals surface area contributed by atoms with Crippen LogP contribution in [-0.4, -0.2) is 13.0 Å². The van der Waals surface area contributed by atoms with Crippen LogP contribution in [0.5, 0.6) is 5.75 Å². The van der Waals surface area contributed by atoms with Gasteiger partial charge in [-0.15, -0.1) is 11.3 Å². The van der Waals surface area contributed by atoms with E-state index < -0.39 is 0 Å². The van der Waals surface area contributed by atoms with Gasteiger partial charge in [0.15, 0.2) is 0 Å². The monoisotopic (exact) mass is 407 g/mol. The van der Waals surface area contributed by atoms with Crippen molar-refractivity contribution in [2.24, 2.45) is 0 Å². The van der Waals surface area contributed by atoms with E-state index in [2.05, 4.69) is 5.32 Å². The molecule has 5 rings (SSSR count). The zero-order chi connectivity index (χ0) is 19.3. The molecule has 6 heteroatoms. The lowest BCUT2D eigenvalue weighted by Gasteiger charge is -2.10. The summed E-state index contributed by atoms with van der Waals surface area (Å²) in [5.41, 5.74) is 2.00. The van der Waals surface area contributed by atoms with Crippen LogP contribution in [0.2, 0.25) is 5.02 Å². The molecule has 0 saturated carbocycles. The maximum absolute atomic E-state index is 12.9. The molecule has 0 aliphatic rings. The van der Waals surface area contributed by atoms with Crippen LogP contribution in [0.1, 0.15) is 9.67 Å². The maximum Gasteiger partial charge on any atom is 0.267 e. The smallest absolute Gasteiger partial charge is 0.267 e. The number of hydrogen-bond donors (Lipinski definition) is 1. The van der Waals surface area contributed by atoms with Crippen molar-refractivity contribution in [1.29, 1.82) is 0 Å². The summed E-state index contributed by atoms with van der Waals surface area (Å²) in [5, 5.41) is 6.19. The first-order valence-electron chi connectivity index (χ1n) is 8.63. The average molecular weight is 408 g/mol. The Kier molecular flexibility index (Phi) is 4.00. The van der Waals surface area contributed by atoms with Crippen LogP contribution in [0.15, 0.2) is 65.1 Å². The summed E-state index contributed by atoms with van der Waals surface area (Å²) in [5.74, 6) is 0.282. The number of benzene rings is 3. The zero-order valence-corrected chi connectivity index (χ0v) is 16.4. The van der Waals surface area contributed by atoms with E-state index in [0.29, 0.717) is 26.9 Å². The van der Waals surface area contributed by atoms with E-state index in [0.717, 1.165) is 26.4 Å². The quantitative estimate of drug-likeness (QED) is 0.361. The first kappa shape index (κ1) is 17.1. The molecule has 5 aromatic rings. The van der Waals surface area contributed by atoms with Crippen molar-refractivity contribution in [2.75, 3.05) is 12.4 Å². The van der Waals surface area contributed by atoms with Crippen LogP contribution in [0.25, 0.3) is 32.0 Å². The van der Waals surface area contributed by atoms with Gasteiger partial charge >= 0.3 is 0 Å². The highest BCUT2D eigenvalue weighted by atomic mass is 35.5. The first-order chi connectivity index (χ1) is 13.7.